The average molecular weight is 433 g/mol. The van der Waals surface area contributed by atoms with Gasteiger partial charge >= 0.3 is 0 Å². The lowest BCUT2D eigenvalue weighted by Gasteiger charge is -2.17. The fourth-order valence-electron chi connectivity index (χ4n) is 2.42. The van der Waals surface area contributed by atoms with Gasteiger partial charge in [0.05, 0.1) is 22.8 Å². The van der Waals surface area contributed by atoms with E-state index < -0.39 is 0 Å². The van der Waals surface area contributed by atoms with Crippen LogP contribution in [0.2, 0.25) is 0 Å². The number of thiazole rings is 1. The number of carbonyl (C=O) groups excluding carboxylic acids is 1. The summed E-state index contributed by atoms with van der Waals surface area (Å²) in [6.07, 6.45) is 0. The zero-order chi connectivity index (χ0) is 17.6. The van der Waals surface area contributed by atoms with E-state index in [1.807, 2.05) is 66.3 Å². The average Bonchev–Trinajstić information content (AvgIpc) is 3.14. The fraction of sp³-hybridized carbons (Fsp3) is 0.158. The molecule has 0 aliphatic heterocycles. The Balaban J connectivity index is 1.72. The molecule has 0 aliphatic carbocycles. The molecular weight excluding hydrogens is 416 g/mol. The number of rotatable bonds is 6. The number of aromatic nitrogens is 1. The van der Waals surface area contributed by atoms with Gasteiger partial charge in [0.25, 0.3) is 5.91 Å². The van der Waals surface area contributed by atoms with E-state index in [4.69, 9.17) is 0 Å². The van der Waals surface area contributed by atoms with Crippen LogP contribution >= 0.6 is 39.0 Å². The Kier molecular flexibility index (Phi) is 6.29. The van der Waals surface area contributed by atoms with Gasteiger partial charge in [0, 0.05) is 20.5 Å². The zero-order valence-corrected chi connectivity index (χ0v) is 16.8. The standard InChI is InChI=1S/C19H17BrN2OS2/c1-13(15-6-2-4-8-17(15)20)22-19(23)16-7-3-5-9-18(16)25-11-14-10-24-12-21-14/h2-10,12-13H,11H2,1H3,(H,22,23). The molecule has 1 aromatic heterocycles. The Morgan fingerprint density at radius 3 is 2.76 bits per heavy atom. The van der Waals surface area contributed by atoms with E-state index in [1.165, 1.54) is 0 Å². The number of hydrogen-bond acceptors (Lipinski definition) is 4. The third-order valence-corrected chi connectivity index (χ3v) is 6.17. The van der Waals surface area contributed by atoms with E-state index in [1.54, 1.807) is 23.1 Å². The quantitative estimate of drug-likeness (QED) is 0.508. The number of hydrogen-bond donors (Lipinski definition) is 1. The SMILES string of the molecule is CC(NC(=O)c1ccccc1SCc1cscn1)c1ccccc1Br. The molecule has 1 unspecified atom stereocenters. The highest BCUT2D eigenvalue weighted by Crippen LogP contribution is 2.28. The number of nitrogens with zero attached hydrogens (tertiary/aromatic N) is 1. The van der Waals surface area contributed by atoms with Gasteiger partial charge in [-0.2, -0.15) is 0 Å². The lowest BCUT2D eigenvalue weighted by Crippen LogP contribution is -2.27. The number of thioether (sulfide) groups is 1. The number of nitrogens with one attached hydrogen (secondary N) is 1. The molecule has 0 saturated heterocycles. The van der Waals surface area contributed by atoms with Crippen molar-refractivity contribution in [2.45, 2.75) is 23.6 Å². The van der Waals surface area contributed by atoms with Crippen LogP contribution in [0.1, 0.15) is 34.6 Å². The molecule has 0 saturated carbocycles. The van der Waals surface area contributed by atoms with E-state index >= 15 is 0 Å². The van der Waals surface area contributed by atoms with Gasteiger partial charge in [-0.05, 0) is 30.7 Å². The smallest absolute Gasteiger partial charge is 0.252 e. The molecule has 3 aromatic rings. The summed E-state index contributed by atoms with van der Waals surface area (Å²) < 4.78 is 0.994. The highest BCUT2D eigenvalue weighted by molar-refractivity contribution is 9.10. The molecule has 1 heterocycles. The zero-order valence-electron chi connectivity index (χ0n) is 13.6. The van der Waals surface area contributed by atoms with Crippen LogP contribution in [0.5, 0.6) is 0 Å². The van der Waals surface area contributed by atoms with E-state index in [2.05, 4.69) is 26.2 Å². The lowest BCUT2D eigenvalue weighted by atomic mass is 10.1. The van der Waals surface area contributed by atoms with Crippen molar-refractivity contribution in [1.29, 1.82) is 0 Å². The van der Waals surface area contributed by atoms with Gasteiger partial charge in [-0.25, -0.2) is 4.98 Å². The van der Waals surface area contributed by atoms with Crippen molar-refractivity contribution in [2.75, 3.05) is 0 Å². The molecule has 128 valence electrons. The summed E-state index contributed by atoms with van der Waals surface area (Å²) in [5, 5.41) is 5.12. The number of halogens is 1. The summed E-state index contributed by atoms with van der Waals surface area (Å²) in [5.74, 6) is 0.692. The van der Waals surface area contributed by atoms with Crippen LogP contribution in [0.4, 0.5) is 0 Å². The lowest BCUT2D eigenvalue weighted by molar-refractivity contribution is 0.0937. The molecule has 1 N–H and O–H groups in total. The summed E-state index contributed by atoms with van der Waals surface area (Å²) in [6.45, 7) is 1.99. The first-order valence-electron chi connectivity index (χ1n) is 7.79. The Labute approximate surface area is 164 Å². The van der Waals surface area contributed by atoms with Crippen LogP contribution in [0, 0.1) is 0 Å². The molecule has 3 nitrogen and oxygen atoms in total. The maximum absolute atomic E-state index is 12.8. The maximum atomic E-state index is 12.8. The second-order valence-electron chi connectivity index (χ2n) is 5.48. The maximum Gasteiger partial charge on any atom is 0.252 e. The van der Waals surface area contributed by atoms with Crippen LogP contribution < -0.4 is 5.32 Å². The van der Waals surface area contributed by atoms with Crippen LogP contribution in [0.3, 0.4) is 0 Å². The third kappa shape index (κ3) is 4.71. The molecule has 3 rings (SSSR count). The second-order valence-corrected chi connectivity index (χ2v) is 8.07. The van der Waals surface area contributed by atoms with Crippen molar-refractivity contribution < 1.29 is 4.79 Å². The van der Waals surface area contributed by atoms with E-state index in [-0.39, 0.29) is 11.9 Å². The molecule has 1 atom stereocenters. The molecule has 6 heteroatoms. The second kappa shape index (κ2) is 8.65. The Hall–Kier alpha value is -1.63. The topological polar surface area (TPSA) is 42.0 Å². The number of carbonyl (C=O) groups is 1. The van der Waals surface area contributed by atoms with Crippen LogP contribution in [0.25, 0.3) is 0 Å². The van der Waals surface area contributed by atoms with Crippen molar-refractivity contribution in [3.8, 4) is 0 Å². The normalized spacial score (nSPS) is 11.9. The summed E-state index contributed by atoms with van der Waals surface area (Å²) in [7, 11) is 0. The molecule has 0 bridgehead atoms. The van der Waals surface area contributed by atoms with Gasteiger partial charge < -0.3 is 5.32 Å². The van der Waals surface area contributed by atoms with Gasteiger partial charge in [-0.3, -0.25) is 4.79 Å². The summed E-state index contributed by atoms with van der Waals surface area (Å²) >= 11 is 6.76. The van der Waals surface area contributed by atoms with E-state index in [9.17, 15) is 4.79 Å². The minimum atomic E-state index is -0.0836. The first-order chi connectivity index (χ1) is 12.1. The van der Waals surface area contributed by atoms with E-state index in [0.29, 0.717) is 5.56 Å². The highest BCUT2D eigenvalue weighted by Gasteiger charge is 2.16. The number of benzene rings is 2. The van der Waals surface area contributed by atoms with Gasteiger partial charge in [0.15, 0.2) is 0 Å². The van der Waals surface area contributed by atoms with Crippen molar-refractivity contribution >= 4 is 44.9 Å². The first-order valence-corrected chi connectivity index (χ1v) is 10.5. The molecule has 0 fully saturated rings. The fourth-order valence-corrected chi connectivity index (χ4v) is 4.66. The molecule has 0 radical (unpaired) electrons. The minimum absolute atomic E-state index is 0.0652. The van der Waals surface area contributed by atoms with Gasteiger partial charge in [0.2, 0.25) is 0 Å². The van der Waals surface area contributed by atoms with Gasteiger partial charge in [-0.1, -0.05) is 46.3 Å². The molecule has 0 spiro atoms. The Bertz CT molecular complexity index is 852. The van der Waals surface area contributed by atoms with Crippen molar-refractivity contribution in [3.05, 3.63) is 80.7 Å². The van der Waals surface area contributed by atoms with Gasteiger partial charge in [-0.15, -0.1) is 23.1 Å². The molecule has 25 heavy (non-hydrogen) atoms. The first kappa shape index (κ1) is 18.2. The molecule has 1 amide bonds. The molecule has 0 aliphatic rings. The monoisotopic (exact) mass is 432 g/mol. The molecular formula is C19H17BrN2OS2. The summed E-state index contributed by atoms with van der Waals surface area (Å²) in [6, 6.07) is 15.5. The largest absolute Gasteiger partial charge is 0.345 e. The highest BCUT2D eigenvalue weighted by atomic mass is 79.9. The predicted molar refractivity (Wildman–Crippen MR) is 108 cm³/mol. The third-order valence-electron chi connectivity index (χ3n) is 3.71. The van der Waals surface area contributed by atoms with Crippen molar-refractivity contribution in [2.24, 2.45) is 0 Å². The minimum Gasteiger partial charge on any atom is -0.345 e. The van der Waals surface area contributed by atoms with Crippen LogP contribution in [-0.4, -0.2) is 10.9 Å². The van der Waals surface area contributed by atoms with Crippen LogP contribution in [0.15, 0.2) is 68.8 Å². The number of amides is 1. The van der Waals surface area contributed by atoms with E-state index in [0.717, 1.165) is 26.4 Å². The van der Waals surface area contributed by atoms with Crippen LogP contribution in [-0.2, 0) is 5.75 Å². The summed E-state index contributed by atoms with van der Waals surface area (Å²) in [5.41, 5.74) is 4.62. The predicted octanol–water partition coefficient (Wildman–Crippen LogP) is 5.69. The Morgan fingerprint density at radius 2 is 2.00 bits per heavy atom. The Morgan fingerprint density at radius 1 is 1.24 bits per heavy atom. The van der Waals surface area contributed by atoms with Crippen molar-refractivity contribution in [1.82, 2.24) is 10.3 Å². The molecule has 2 aromatic carbocycles. The summed E-state index contributed by atoms with van der Waals surface area (Å²) in [4.78, 5) is 18.0. The van der Waals surface area contributed by atoms with Crippen molar-refractivity contribution in [3.63, 3.8) is 0 Å². The van der Waals surface area contributed by atoms with Gasteiger partial charge in [0.1, 0.15) is 0 Å².